The van der Waals surface area contributed by atoms with Gasteiger partial charge >= 0.3 is 0 Å². The Balaban J connectivity index is 2.02. The van der Waals surface area contributed by atoms with Gasteiger partial charge in [0.15, 0.2) is 5.54 Å². The summed E-state index contributed by atoms with van der Waals surface area (Å²) in [6.07, 6.45) is 2.44. The summed E-state index contributed by atoms with van der Waals surface area (Å²) in [6.45, 7) is 0.572. The molecule has 2 amide bonds. The average Bonchev–Trinajstić information content (AvgIpc) is 2.99. The summed E-state index contributed by atoms with van der Waals surface area (Å²) < 4.78 is 0. The standard InChI is InChI=1S/C22H22Cl3N3O2/c1-27(2)20(29)19-9-5-6-10-28(19)22(13-7-3-4-8-15(13)23)14-11-16(24)17(25)12-18(14)26-21(22)30/h3-4,7-8,11-12,19H,5-6,9-10H2,1-2H3,(H,26,30)/t19-,22?/m0/s1. The molecule has 0 radical (unpaired) electrons. The summed E-state index contributed by atoms with van der Waals surface area (Å²) in [5.74, 6) is -0.301. The molecule has 2 aliphatic rings. The van der Waals surface area contributed by atoms with E-state index in [1.165, 1.54) is 0 Å². The molecule has 2 aromatic rings. The number of piperidine rings is 1. The minimum Gasteiger partial charge on any atom is -0.347 e. The number of nitrogens with one attached hydrogen (secondary N) is 1. The molecular weight excluding hydrogens is 445 g/mol. The van der Waals surface area contributed by atoms with E-state index in [0.717, 1.165) is 12.8 Å². The van der Waals surface area contributed by atoms with Crippen molar-refractivity contribution in [1.82, 2.24) is 9.80 Å². The van der Waals surface area contributed by atoms with E-state index in [2.05, 4.69) is 5.32 Å². The first-order valence-corrected chi connectivity index (χ1v) is 11.0. The Kier molecular flexibility index (Phi) is 5.75. The molecule has 0 spiro atoms. The molecular formula is C22H22Cl3N3O2. The number of likely N-dealkylation sites (tertiary alicyclic amines) is 1. The number of carbonyl (C=O) groups is 2. The first-order valence-electron chi connectivity index (χ1n) is 9.82. The molecule has 1 fully saturated rings. The number of amides is 2. The van der Waals surface area contributed by atoms with Gasteiger partial charge in [0.05, 0.1) is 16.1 Å². The third-order valence-electron chi connectivity index (χ3n) is 5.95. The molecule has 8 heteroatoms. The predicted octanol–water partition coefficient (Wildman–Crippen LogP) is 4.79. The van der Waals surface area contributed by atoms with Crippen LogP contribution in [0, 0.1) is 0 Å². The molecule has 0 saturated carbocycles. The van der Waals surface area contributed by atoms with Crippen molar-refractivity contribution >= 4 is 52.3 Å². The summed E-state index contributed by atoms with van der Waals surface area (Å²) in [5.41, 5.74) is 0.586. The minimum atomic E-state index is -1.28. The van der Waals surface area contributed by atoms with Gasteiger partial charge in [-0.15, -0.1) is 0 Å². The Labute approximate surface area is 190 Å². The number of fused-ring (bicyclic) bond motifs is 1. The normalized spacial score (nSPS) is 23.8. The van der Waals surface area contributed by atoms with Crippen molar-refractivity contribution in [3.05, 3.63) is 62.6 Å². The highest BCUT2D eigenvalue weighted by molar-refractivity contribution is 6.42. The summed E-state index contributed by atoms with van der Waals surface area (Å²) in [7, 11) is 3.47. The number of halogens is 3. The fourth-order valence-corrected chi connectivity index (χ4v) is 5.23. The molecule has 0 aliphatic carbocycles. The Bertz CT molecular complexity index is 1030. The van der Waals surface area contributed by atoms with E-state index in [9.17, 15) is 9.59 Å². The van der Waals surface area contributed by atoms with Crippen LogP contribution in [0.15, 0.2) is 36.4 Å². The van der Waals surface area contributed by atoms with E-state index < -0.39 is 11.6 Å². The number of carbonyl (C=O) groups excluding carboxylic acids is 2. The van der Waals surface area contributed by atoms with Crippen LogP contribution < -0.4 is 5.32 Å². The highest BCUT2D eigenvalue weighted by Crippen LogP contribution is 2.51. The molecule has 0 aromatic heterocycles. The molecule has 30 heavy (non-hydrogen) atoms. The second kappa shape index (κ2) is 8.04. The van der Waals surface area contributed by atoms with E-state index in [-0.39, 0.29) is 11.8 Å². The maximum absolute atomic E-state index is 13.7. The molecule has 1 N–H and O–H groups in total. The zero-order chi connectivity index (χ0) is 21.6. The van der Waals surface area contributed by atoms with Gasteiger partial charge in [-0.2, -0.15) is 0 Å². The van der Waals surface area contributed by atoms with Crippen molar-refractivity contribution in [3.63, 3.8) is 0 Å². The SMILES string of the molecule is CN(C)C(=O)[C@@H]1CCCCN1C1(c2ccccc2Cl)C(=O)Nc2cc(Cl)c(Cl)cc21. The van der Waals surface area contributed by atoms with Gasteiger partial charge in [-0.25, -0.2) is 0 Å². The monoisotopic (exact) mass is 465 g/mol. The van der Waals surface area contributed by atoms with Crippen molar-refractivity contribution in [2.75, 3.05) is 26.0 Å². The van der Waals surface area contributed by atoms with E-state index in [4.69, 9.17) is 34.8 Å². The highest BCUT2D eigenvalue weighted by Gasteiger charge is 2.57. The third-order valence-corrected chi connectivity index (χ3v) is 7.00. The lowest BCUT2D eigenvalue weighted by Gasteiger charge is -2.47. The summed E-state index contributed by atoms with van der Waals surface area (Å²) in [6, 6.07) is 10.2. The fourth-order valence-electron chi connectivity index (χ4n) is 4.63. The number of benzene rings is 2. The van der Waals surface area contributed by atoms with Crippen LogP contribution in [0.5, 0.6) is 0 Å². The van der Waals surface area contributed by atoms with Crippen LogP contribution in [0.25, 0.3) is 0 Å². The van der Waals surface area contributed by atoms with Crippen LogP contribution in [-0.4, -0.2) is 48.3 Å². The molecule has 2 heterocycles. The number of likely N-dealkylation sites (N-methyl/N-ethyl adjacent to an activating group) is 1. The van der Waals surface area contributed by atoms with Crippen molar-refractivity contribution in [1.29, 1.82) is 0 Å². The topological polar surface area (TPSA) is 52.7 Å². The van der Waals surface area contributed by atoms with E-state index in [1.54, 1.807) is 37.2 Å². The molecule has 1 saturated heterocycles. The molecule has 2 atom stereocenters. The summed E-state index contributed by atoms with van der Waals surface area (Å²) in [5, 5.41) is 4.11. The maximum Gasteiger partial charge on any atom is 0.254 e. The summed E-state index contributed by atoms with van der Waals surface area (Å²) in [4.78, 5) is 30.4. The summed E-state index contributed by atoms with van der Waals surface area (Å²) >= 11 is 19.3. The van der Waals surface area contributed by atoms with Gasteiger partial charge in [0.2, 0.25) is 5.91 Å². The first-order chi connectivity index (χ1) is 14.3. The number of rotatable bonds is 3. The van der Waals surface area contributed by atoms with E-state index >= 15 is 0 Å². The predicted molar refractivity (Wildman–Crippen MR) is 120 cm³/mol. The number of hydrogen-bond acceptors (Lipinski definition) is 3. The van der Waals surface area contributed by atoms with Gasteiger partial charge in [0, 0.05) is 42.5 Å². The third kappa shape index (κ3) is 3.19. The molecule has 2 aromatic carbocycles. The van der Waals surface area contributed by atoms with Crippen molar-refractivity contribution < 1.29 is 9.59 Å². The van der Waals surface area contributed by atoms with Gasteiger partial charge in [0.25, 0.3) is 5.91 Å². The first kappa shape index (κ1) is 21.4. The average molecular weight is 467 g/mol. The van der Waals surface area contributed by atoms with Crippen molar-refractivity contribution in [3.8, 4) is 0 Å². The Morgan fingerprint density at radius 2 is 1.77 bits per heavy atom. The van der Waals surface area contributed by atoms with Gasteiger partial charge < -0.3 is 10.2 Å². The second-order valence-corrected chi connectivity index (χ2v) is 9.12. The van der Waals surface area contributed by atoms with Crippen LogP contribution in [0.4, 0.5) is 5.69 Å². The zero-order valence-corrected chi connectivity index (χ0v) is 19.0. The van der Waals surface area contributed by atoms with E-state index in [0.29, 0.717) is 44.8 Å². The Morgan fingerprint density at radius 3 is 2.47 bits per heavy atom. The largest absolute Gasteiger partial charge is 0.347 e. The lowest BCUT2D eigenvalue weighted by Crippen LogP contribution is -2.61. The Morgan fingerprint density at radius 1 is 1.07 bits per heavy atom. The zero-order valence-electron chi connectivity index (χ0n) is 16.7. The van der Waals surface area contributed by atoms with Gasteiger partial charge in [-0.1, -0.05) is 59.4 Å². The van der Waals surface area contributed by atoms with Gasteiger partial charge in [-0.05, 0) is 31.0 Å². The lowest BCUT2D eigenvalue weighted by atomic mass is 9.79. The molecule has 5 nitrogen and oxygen atoms in total. The molecule has 0 bridgehead atoms. The van der Waals surface area contributed by atoms with Crippen LogP contribution >= 0.6 is 34.8 Å². The smallest absolute Gasteiger partial charge is 0.254 e. The molecule has 158 valence electrons. The quantitative estimate of drug-likeness (QED) is 0.708. The molecule has 1 unspecified atom stereocenters. The van der Waals surface area contributed by atoms with Crippen LogP contribution in [0.2, 0.25) is 15.1 Å². The number of hydrogen-bond donors (Lipinski definition) is 1. The minimum absolute atomic E-state index is 0.0394. The van der Waals surface area contributed by atoms with Crippen LogP contribution in [-0.2, 0) is 15.1 Å². The molecule has 2 aliphatic heterocycles. The Hall–Kier alpha value is -1.79. The lowest BCUT2D eigenvalue weighted by molar-refractivity contribution is -0.142. The maximum atomic E-state index is 13.7. The number of nitrogens with zero attached hydrogens (tertiary/aromatic N) is 2. The van der Waals surface area contributed by atoms with Crippen molar-refractivity contribution in [2.45, 2.75) is 30.8 Å². The van der Waals surface area contributed by atoms with Crippen LogP contribution in [0.3, 0.4) is 0 Å². The fraction of sp³-hybridized carbons (Fsp3) is 0.364. The van der Waals surface area contributed by atoms with Crippen LogP contribution in [0.1, 0.15) is 30.4 Å². The van der Waals surface area contributed by atoms with E-state index in [1.807, 2.05) is 23.1 Å². The van der Waals surface area contributed by atoms with Gasteiger partial charge in [-0.3, -0.25) is 14.5 Å². The van der Waals surface area contributed by atoms with Gasteiger partial charge in [0.1, 0.15) is 0 Å². The second-order valence-electron chi connectivity index (χ2n) is 7.89. The number of anilines is 1. The molecule has 4 rings (SSSR count). The van der Waals surface area contributed by atoms with Crippen molar-refractivity contribution in [2.24, 2.45) is 0 Å². The highest BCUT2D eigenvalue weighted by atomic mass is 35.5.